The van der Waals surface area contributed by atoms with Crippen LogP contribution in [0.25, 0.3) is 22.5 Å². The number of primary amides is 1. The summed E-state index contributed by atoms with van der Waals surface area (Å²) < 4.78 is 1.72. The molecule has 3 aromatic carbocycles. The van der Waals surface area contributed by atoms with Gasteiger partial charge in [-0.25, -0.2) is 9.48 Å². The molecule has 4 aromatic rings. The van der Waals surface area contributed by atoms with Crippen LogP contribution in [-0.2, 0) is 17.6 Å². The van der Waals surface area contributed by atoms with E-state index in [9.17, 15) is 19.5 Å². The van der Waals surface area contributed by atoms with Crippen molar-refractivity contribution in [1.29, 1.82) is 0 Å². The van der Waals surface area contributed by atoms with Gasteiger partial charge in [0.05, 0.1) is 27.5 Å². The monoisotopic (exact) mass is 564 g/mol. The molecule has 0 unspecified atom stereocenters. The van der Waals surface area contributed by atoms with Gasteiger partial charge in [0.2, 0.25) is 0 Å². The first-order valence-corrected chi connectivity index (χ1v) is 13.5. The zero-order valence-corrected chi connectivity index (χ0v) is 22.6. The number of aryl methyl sites for hydroxylation is 1. The normalized spacial score (nSPS) is 13.9. The average Bonchev–Trinajstić information content (AvgIpc) is 3.38. The highest BCUT2D eigenvalue weighted by Crippen LogP contribution is 2.39. The summed E-state index contributed by atoms with van der Waals surface area (Å²) in [5.74, 6) is -1.88. The van der Waals surface area contributed by atoms with Crippen LogP contribution in [0, 0.1) is 0 Å². The third-order valence-corrected chi connectivity index (χ3v) is 7.77. The molecule has 0 aliphatic heterocycles. The van der Waals surface area contributed by atoms with Crippen LogP contribution in [0.15, 0.2) is 84.5 Å². The molecule has 1 heterocycles. The van der Waals surface area contributed by atoms with Gasteiger partial charge < -0.3 is 16.2 Å². The Balaban J connectivity index is 1.39. The number of nitrogens with one attached hydrogen (secondary N) is 1. The fourth-order valence-electron chi connectivity index (χ4n) is 5.44. The number of carboxylic acid groups (broad SMARTS) is 1. The Morgan fingerprint density at radius 2 is 1.76 bits per heavy atom. The van der Waals surface area contributed by atoms with Crippen molar-refractivity contribution in [3.63, 3.8) is 0 Å². The smallest absolute Gasteiger partial charge is 0.335 e. The minimum atomic E-state index is -0.943. The topological polar surface area (TPSA) is 127 Å². The summed E-state index contributed by atoms with van der Waals surface area (Å²) in [7, 11) is 0. The number of hydrogen-bond acceptors (Lipinski definition) is 4. The van der Waals surface area contributed by atoms with E-state index in [-0.39, 0.29) is 17.2 Å². The van der Waals surface area contributed by atoms with Crippen molar-refractivity contribution >= 4 is 40.6 Å². The molecule has 1 aromatic heterocycles. The van der Waals surface area contributed by atoms with Crippen molar-refractivity contribution in [1.82, 2.24) is 9.78 Å². The lowest BCUT2D eigenvalue weighted by atomic mass is 9.88. The Morgan fingerprint density at radius 1 is 0.976 bits per heavy atom. The predicted molar refractivity (Wildman–Crippen MR) is 157 cm³/mol. The molecular weight excluding hydrogens is 540 g/mol. The number of aromatic nitrogens is 2. The standard InChI is InChI=1S/C32H25ClN4O4/c33-27-7-2-1-6-24(27)31(39)35-22-12-8-19-11-15-25-28(30(34)38)36-37(29(25)26(19)17-22)23-13-9-18(10-14-23)20-4-3-5-21(16-20)32(40)41/h1-2,5-10,12-14,16-17H,3-4,11,15H2,(H2,34,38)(H,35,39)(H,40,41). The number of anilines is 1. The molecule has 8 nitrogen and oxygen atoms in total. The van der Waals surface area contributed by atoms with Gasteiger partial charge in [-0.1, -0.05) is 48.0 Å². The molecule has 0 saturated carbocycles. The van der Waals surface area contributed by atoms with Gasteiger partial charge in [0.15, 0.2) is 5.69 Å². The van der Waals surface area contributed by atoms with Gasteiger partial charge in [-0.2, -0.15) is 5.10 Å². The number of fused-ring (bicyclic) bond motifs is 3. The number of nitrogens with zero attached hydrogens (tertiary/aromatic N) is 2. The maximum atomic E-state index is 12.9. The maximum absolute atomic E-state index is 12.9. The molecular formula is C32H25ClN4O4. The first-order chi connectivity index (χ1) is 19.8. The molecule has 2 aliphatic carbocycles. The minimum Gasteiger partial charge on any atom is -0.478 e. The van der Waals surface area contributed by atoms with Crippen molar-refractivity contribution < 1.29 is 19.5 Å². The lowest BCUT2D eigenvalue weighted by Crippen LogP contribution is -2.15. The lowest BCUT2D eigenvalue weighted by Gasteiger charge is -2.20. The lowest BCUT2D eigenvalue weighted by molar-refractivity contribution is -0.132. The molecule has 204 valence electrons. The zero-order chi connectivity index (χ0) is 28.7. The van der Waals surface area contributed by atoms with Crippen LogP contribution in [0.3, 0.4) is 0 Å². The molecule has 0 radical (unpaired) electrons. The van der Waals surface area contributed by atoms with Crippen molar-refractivity contribution in [3.05, 3.63) is 117 Å². The Morgan fingerprint density at radius 3 is 2.49 bits per heavy atom. The van der Waals surface area contributed by atoms with Crippen LogP contribution in [-0.4, -0.2) is 32.7 Å². The van der Waals surface area contributed by atoms with Crippen LogP contribution in [0.2, 0.25) is 5.02 Å². The average molecular weight is 565 g/mol. The van der Waals surface area contributed by atoms with Gasteiger partial charge in [0.25, 0.3) is 11.8 Å². The molecule has 0 saturated heterocycles. The molecule has 2 amide bonds. The van der Waals surface area contributed by atoms with Gasteiger partial charge in [-0.3, -0.25) is 9.59 Å². The Kier molecular flexibility index (Phi) is 6.77. The number of aliphatic carboxylic acids is 1. The second-order valence-electron chi connectivity index (χ2n) is 9.98. The van der Waals surface area contributed by atoms with E-state index < -0.39 is 11.9 Å². The van der Waals surface area contributed by atoms with Crippen LogP contribution < -0.4 is 11.1 Å². The number of benzene rings is 3. The number of hydrogen-bond donors (Lipinski definition) is 3. The van der Waals surface area contributed by atoms with Crippen molar-refractivity contribution in [2.75, 3.05) is 5.32 Å². The first kappa shape index (κ1) is 26.3. The van der Waals surface area contributed by atoms with Gasteiger partial charge in [0, 0.05) is 16.8 Å². The van der Waals surface area contributed by atoms with Crippen LogP contribution in [0.1, 0.15) is 50.4 Å². The van der Waals surface area contributed by atoms with Crippen molar-refractivity contribution in [2.45, 2.75) is 25.7 Å². The largest absolute Gasteiger partial charge is 0.478 e. The summed E-state index contributed by atoms with van der Waals surface area (Å²) in [5, 5.41) is 17.3. The number of allylic oxidation sites excluding steroid dienone is 2. The van der Waals surface area contributed by atoms with E-state index in [0.717, 1.165) is 45.6 Å². The predicted octanol–water partition coefficient (Wildman–Crippen LogP) is 5.83. The van der Waals surface area contributed by atoms with E-state index in [4.69, 9.17) is 17.3 Å². The number of amides is 2. The van der Waals surface area contributed by atoms with E-state index in [1.165, 1.54) is 0 Å². The number of nitrogens with two attached hydrogens (primary N) is 1. The summed E-state index contributed by atoms with van der Waals surface area (Å²) in [6.07, 6.45) is 6.13. The number of carbonyl (C=O) groups excluding carboxylic acids is 2. The Hall–Kier alpha value is -4.95. The van der Waals surface area contributed by atoms with E-state index in [0.29, 0.717) is 35.5 Å². The summed E-state index contributed by atoms with van der Waals surface area (Å²) >= 11 is 6.22. The molecule has 0 fully saturated rings. The molecule has 6 rings (SSSR count). The van der Waals surface area contributed by atoms with Gasteiger partial charge in [0.1, 0.15) is 0 Å². The number of carbonyl (C=O) groups is 3. The summed E-state index contributed by atoms with van der Waals surface area (Å²) in [6, 6.07) is 20.2. The van der Waals surface area contributed by atoms with Crippen molar-refractivity contribution in [2.24, 2.45) is 5.73 Å². The van der Waals surface area contributed by atoms with Crippen LogP contribution >= 0.6 is 11.6 Å². The third-order valence-electron chi connectivity index (χ3n) is 7.44. The second-order valence-corrected chi connectivity index (χ2v) is 10.4. The van der Waals surface area contributed by atoms with E-state index in [1.807, 2.05) is 42.5 Å². The molecule has 0 bridgehead atoms. The van der Waals surface area contributed by atoms with Gasteiger partial charge in [-0.05, 0) is 84.9 Å². The fraction of sp³-hybridized carbons (Fsp3) is 0.125. The summed E-state index contributed by atoms with van der Waals surface area (Å²) in [5.41, 5.74) is 13.2. The summed E-state index contributed by atoms with van der Waals surface area (Å²) in [6.45, 7) is 0. The molecule has 4 N–H and O–H groups in total. The molecule has 41 heavy (non-hydrogen) atoms. The van der Waals surface area contributed by atoms with Crippen LogP contribution in [0.4, 0.5) is 5.69 Å². The minimum absolute atomic E-state index is 0.214. The highest BCUT2D eigenvalue weighted by molar-refractivity contribution is 6.34. The highest BCUT2D eigenvalue weighted by Gasteiger charge is 2.28. The Labute approximate surface area is 240 Å². The van der Waals surface area contributed by atoms with Gasteiger partial charge in [-0.15, -0.1) is 0 Å². The van der Waals surface area contributed by atoms with Crippen LogP contribution in [0.5, 0.6) is 0 Å². The first-order valence-electron chi connectivity index (χ1n) is 13.2. The molecule has 9 heteroatoms. The van der Waals surface area contributed by atoms with E-state index >= 15 is 0 Å². The third kappa shape index (κ3) is 4.94. The number of rotatable bonds is 6. The maximum Gasteiger partial charge on any atom is 0.335 e. The van der Waals surface area contributed by atoms with E-state index in [2.05, 4.69) is 10.4 Å². The van der Waals surface area contributed by atoms with Crippen molar-refractivity contribution in [3.8, 4) is 16.9 Å². The number of carboxylic acids is 1. The fourth-order valence-corrected chi connectivity index (χ4v) is 5.66. The molecule has 0 atom stereocenters. The highest BCUT2D eigenvalue weighted by atomic mass is 35.5. The zero-order valence-electron chi connectivity index (χ0n) is 21.9. The van der Waals surface area contributed by atoms with E-state index in [1.54, 1.807) is 41.1 Å². The Bertz CT molecular complexity index is 1800. The number of halogens is 1. The molecule has 2 aliphatic rings. The van der Waals surface area contributed by atoms with Gasteiger partial charge >= 0.3 is 5.97 Å². The molecule has 0 spiro atoms. The summed E-state index contributed by atoms with van der Waals surface area (Å²) in [4.78, 5) is 36.8. The second kappa shape index (κ2) is 10.6. The SMILES string of the molecule is NC(=O)c1nn(-c2ccc(C3=CC(C(=O)O)=CCC3)cc2)c2c1CCc1ccc(NC(=O)c3ccccc3Cl)cc1-2. The quantitative estimate of drug-likeness (QED) is 0.271.